The monoisotopic (exact) mass is 264 g/mol. The highest BCUT2D eigenvalue weighted by Crippen LogP contribution is 2.04. The van der Waals surface area contributed by atoms with Gasteiger partial charge in [-0.25, -0.2) is 4.98 Å². The number of amides is 1. The van der Waals surface area contributed by atoms with Gasteiger partial charge in [-0.2, -0.15) is 0 Å². The van der Waals surface area contributed by atoms with E-state index in [2.05, 4.69) is 42.9 Å². The van der Waals surface area contributed by atoms with E-state index in [0.717, 1.165) is 6.54 Å². The molecule has 0 radical (unpaired) electrons. The van der Waals surface area contributed by atoms with E-state index in [4.69, 9.17) is 5.73 Å². The van der Waals surface area contributed by atoms with E-state index in [0.29, 0.717) is 30.0 Å². The molecule has 1 aromatic rings. The number of nitrogen functional groups attached to an aromatic ring is 1. The molecule has 5 nitrogen and oxygen atoms in total. The SMILES string of the molecule is CC(C)N(CCNC(=O)c1ccc(N)nc1)C(C)C. The molecule has 0 aliphatic heterocycles. The first-order chi connectivity index (χ1) is 8.91. The van der Waals surface area contributed by atoms with Gasteiger partial charge in [-0.15, -0.1) is 0 Å². The number of carbonyl (C=O) groups is 1. The molecule has 0 saturated heterocycles. The van der Waals surface area contributed by atoms with Crippen LogP contribution in [0.5, 0.6) is 0 Å². The third-order valence-corrected chi connectivity index (χ3v) is 3.03. The van der Waals surface area contributed by atoms with Crippen molar-refractivity contribution in [1.29, 1.82) is 0 Å². The maximum atomic E-state index is 11.9. The minimum Gasteiger partial charge on any atom is -0.384 e. The Morgan fingerprint density at radius 1 is 1.32 bits per heavy atom. The van der Waals surface area contributed by atoms with Crippen LogP contribution in [0.25, 0.3) is 0 Å². The first kappa shape index (κ1) is 15.4. The van der Waals surface area contributed by atoms with Crippen molar-refractivity contribution in [3.05, 3.63) is 23.9 Å². The Morgan fingerprint density at radius 2 is 1.95 bits per heavy atom. The topological polar surface area (TPSA) is 71.2 Å². The third-order valence-electron chi connectivity index (χ3n) is 3.03. The number of aromatic nitrogens is 1. The summed E-state index contributed by atoms with van der Waals surface area (Å²) in [4.78, 5) is 18.1. The molecule has 1 rings (SSSR count). The summed E-state index contributed by atoms with van der Waals surface area (Å²) in [6.45, 7) is 10.1. The molecule has 0 bridgehead atoms. The molecule has 0 aliphatic carbocycles. The largest absolute Gasteiger partial charge is 0.384 e. The summed E-state index contributed by atoms with van der Waals surface area (Å²) in [5.41, 5.74) is 6.02. The van der Waals surface area contributed by atoms with E-state index < -0.39 is 0 Å². The van der Waals surface area contributed by atoms with Crippen LogP contribution in [0.1, 0.15) is 38.1 Å². The highest BCUT2D eigenvalue weighted by molar-refractivity contribution is 5.93. The lowest BCUT2D eigenvalue weighted by molar-refractivity contribution is 0.0939. The summed E-state index contributed by atoms with van der Waals surface area (Å²) in [5.74, 6) is 0.308. The molecule has 0 unspecified atom stereocenters. The molecule has 1 heterocycles. The molecule has 0 spiro atoms. The van der Waals surface area contributed by atoms with Gasteiger partial charge < -0.3 is 11.1 Å². The first-order valence-corrected chi connectivity index (χ1v) is 6.67. The van der Waals surface area contributed by atoms with E-state index in [1.807, 2.05) is 0 Å². The fraction of sp³-hybridized carbons (Fsp3) is 0.571. The van der Waals surface area contributed by atoms with Crippen molar-refractivity contribution in [3.63, 3.8) is 0 Å². The second-order valence-corrected chi connectivity index (χ2v) is 5.15. The van der Waals surface area contributed by atoms with Crippen molar-refractivity contribution in [2.45, 2.75) is 39.8 Å². The normalized spacial score (nSPS) is 11.3. The molecule has 0 aromatic carbocycles. The molecule has 5 heteroatoms. The molecule has 1 amide bonds. The van der Waals surface area contributed by atoms with Crippen LogP contribution in [0.2, 0.25) is 0 Å². The summed E-state index contributed by atoms with van der Waals surface area (Å²) in [6, 6.07) is 4.24. The third kappa shape index (κ3) is 4.87. The number of anilines is 1. The van der Waals surface area contributed by atoms with Crippen LogP contribution >= 0.6 is 0 Å². The number of rotatable bonds is 6. The molecular weight excluding hydrogens is 240 g/mol. The van der Waals surface area contributed by atoms with Gasteiger partial charge in [0.25, 0.3) is 5.91 Å². The van der Waals surface area contributed by atoms with Gasteiger partial charge in [-0.1, -0.05) is 0 Å². The van der Waals surface area contributed by atoms with Crippen LogP contribution in [0.15, 0.2) is 18.3 Å². The van der Waals surface area contributed by atoms with Crippen molar-refractivity contribution in [3.8, 4) is 0 Å². The van der Waals surface area contributed by atoms with Crippen LogP contribution in [0.3, 0.4) is 0 Å². The molecule has 0 atom stereocenters. The second-order valence-electron chi connectivity index (χ2n) is 5.15. The van der Waals surface area contributed by atoms with Crippen molar-refractivity contribution in [2.24, 2.45) is 0 Å². The molecule has 3 N–H and O–H groups in total. The Morgan fingerprint density at radius 3 is 2.42 bits per heavy atom. The first-order valence-electron chi connectivity index (χ1n) is 6.67. The Balaban J connectivity index is 2.44. The fourth-order valence-electron chi connectivity index (χ4n) is 2.05. The van der Waals surface area contributed by atoms with Crippen LogP contribution in [-0.4, -0.2) is 41.0 Å². The van der Waals surface area contributed by atoms with Crippen molar-refractivity contribution in [1.82, 2.24) is 15.2 Å². The van der Waals surface area contributed by atoms with E-state index in [9.17, 15) is 4.79 Å². The highest BCUT2D eigenvalue weighted by atomic mass is 16.1. The van der Waals surface area contributed by atoms with E-state index >= 15 is 0 Å². The summed E-state index contributed by atoms with van der Waals surface area (Å²) in [7, 11) is 0. The molecular formula is C14H24N4O. The van der Waals surface area contributed by atoms with Gasteiger partial charge in [0.2, 0.25) is 0 Å². The molecule has 0 saturated carbocycles. The lowest BCUT2D eigenvalue weighted by Gasteiger charge is -2.30. The Kier molecular flexibility index (Phi) is 5.76. The molecule has 106 valence electrons. The Labute approximate surface area is 115 Å². The fourth-order valence-corrected chi connectivity index (χ4v) is 2.05. The maximum absolute atomic E-state index is 11.9. The second kappa shape index (κ2) is 7.09. The highest BCUT2D eigenvalue weighted by Gasteiger charge is 2.13. The van der Waals surface area contributed by atoms with Crippen molar-refractivity contribution in [2.75, 3.05) is 18.8 Å². The smallest absolute Gasteiger partial charge is 0.252 e. The molecule has 1 aromatic heterocycles. The quantitative estimate of drug-likeness (QED) is 0.817. The number of nitrogens with two attached hydrogens (primary N) is 1. The maximum Gasteiger partial charge on any atom is 0.252 e. The minimum atomic E-state index is -0.111. The molecule has 0 aliphatic rings. The minimum absolute atomic E-state index is 0.111. The standard InChI is InChI=1S/C14H24N4O/c1-10(2)18(11(3)4)8-7-16-14(19)12-5-6-13(15)17-9-12/h5-6,9-11H,7-8H2,1-4H3,(H2,15,17)(H,16,19). The summed E-state index contributed by atoms with van der Waals surface area (Å²) < 4.78 is 0. The number of pyridine rings is 1. The number of hydrogen-bond acceptors (Lipinski definition) is 4. The van der Waals surface area contributed by atoms with E-state index in [-0.39, 0.29) is 5.91 Å². The van der Waals surface area contributed by atoms with E-state index in [1.54, 1.807) is 12.1 Å². The zero-order chi connectivity index (χ0) is 14.4. The van der Waals surface area contributed by atoms with Gasteiger partial charge in [0.1, 0.15) is 5.82 Å². The molecule has 0 fully saturated rings. The van der Waals surface area contributed by atoms with E-state index in [1.165, 1.54) is 6.20 Å². The van der Waals surface area contributed by atoms with Crippen LogP contribution in [0.4, 0.5) is 5.82 Å². The average molecular weight is 264 g/mol. The van der Waals surface area contributed by atoms with Crippen LogP contribution in [0, 0.1) is 0 Å². The Hall–Kier alpha value is -1.62. The Bertz CT molecular complexity index is 392. The number of nitrogens with zero attached hydrogens (tertiary/aromatic N) is 2. The van der Waals surface area contributed by atoms with Gasteiger partial charge in [0.15, 0.2) is 0 Å². The van der Waals surface area contributed by atoms with Gasteiger partial charge in [0, 0.05) is 31.4 Å². The predicted molar refractivity (Wildman–Crippen MR) is 78.0 cm³/mol. The summed E-state index contributed by atoms with van der Waals surface area (Å²) in [5, 5.41) is 2.90. The van der Waals surface area contributed by atoms with Crippen LogP contribution in [-0.2, 0) is 0 Å². The zero-order valence-electron chi connectivity index (χ0n) is 12.2. The summed E-state index contributed by atoms with van der Waals surface area (Å²) >= 11 is 0. The lowest BCUT2D eigenvalue weighted by Crippen LogP contribution is -2.42. The number of hydrogen-bond donors (Lipinski definition) is 2. The molecule has 19 heavy (non-hydrogen) atoms. The van der Waals surface area contributed by atoms with Gasteiger partial charge in [0.05, 0.1) is 5.56 Å². The lowest BCUT2D eigenvalue weighted by atomic mass is 10.2. The van der Waals surface area contributed by atoms with Crippen molar-refractivity contribution >= 4 is 11.7 Å². The predicted octanol–water partition coefficient (Wildman–Crippen LogP) is 1.51. The van der Waals surface area contributed by atoms with Gasteiger partial charge in [-0.05, 0) is 39.8 Å². The zero-order valence-corrected chi connectivity index (χ0v) is 12.2. The van der Waals surface area contributed by atoms with Gasteiger partial charge >= 0.3 is 0 Å². The van der Waals surface area contributed by atoms with Crippen molar-refractivity contribution < 1.29 is 4.79 Å². The number of nitrogens with one attached hydrogen (secondary N) is 1. The average Bonchev–Trinajstić information content (AvgIpc) is 2.34. The number of carbonyl (C=O) groups excluding carboxylic acids is 1. The van der Waals surface area contributed by atoms with Crippen LogP contribution < -0.4 is 11.1 Å². The van der Waals surface area contributed by atoms with Gasteiger partial charge in [-0.3, -0.25) is 9.69 Å². The summed E-state index contributed by atoms with van der Waals surface area (Å²) in [6.07, 6.45) is 1.49.